The van der Waals surface area contributed by atoms with Crippen LogP contribution in [0.5, 0.6) is 0 Å². The van der Waals surface area contributed by atoms with Crippen molar-refractivity contribution in [1.82, 2.24) is 9.88 Å². The van der Waals surface area contributed by atoms with E-state index in [4.69, 9.17) is 16.2 Å². The van der Waals surface area contributed by atoms with Crippen LogP contribution in [0.3, 0.4) is 0 Å². The van der Waals surface area contributed by atoms with E-state index in [0.29, 0.717) is 17.1 Å². The highest BCUT2D eigenvalue weighted by atomic mass is 16.5. The third-order valence-electron chi connectivity index (χ3n) is 3.19. The molecule has 2 heterocycles. The van der Waals surface area contributed by atoms with Crippen LogP contribution in [-0.2, 0) is 4.74 Å². The van der Waals surface area contributed by atoms with Gasteiger partial charge in [0, 0.05) is 25.7 Å². The molecule has 1 saturated heterocycles. The predicted molar refractivity (Wildman–Crippen MR) is 77.5 cm³/mol. The van der Waals surface area contributed by atoms with Gasteiger partial charge in [0.2, 0.25) is 0 Å². The fraction of sp³-hybridized carbons (Fsp3) is 0.538. The van der Waals surface area contributed by atoms with Gasteiger partial charge in [-0.1, -0.05) is 0 Å². The Kier molecular flexibility index (Phi) is 4.75. The molecule has 7 nitrogen and oxygen atoms in total. The molecule has 0 spiro atoms. The smallest absolute Gasteiger partial charge is 0.252 e. The number of carbonyl (C=O) groups excluding carboxylic acids is 1. The maximum absolute atomic E-state index is 11.4. The largest absolute Gasteiger partial charge is 0.397 e. The average Bonchev–Trinajstić information content (AvgIpc) is 2.41. The Bertz CT molecular complexity index is 474. The van der Waals surface area contributed by atoms with Gasteiger partial charge in [-0.2, -0.15) is 0 Å². The zero-order valence-corrected chi connectivity index (χ0v) is 11.6. The third kappa shape index (κ3) is 3.82. The van der Waals surface area contributed by atoms with E-state index in [0.717, 1.165) is 32.8 Å². The molecule has 1 atom stereocenters. The van der Waals surface area contributed by atoms with E-state index in [2.05, 4.69) is 15.2 Å². The maximum Gasteiger partial charge on any atom is 0.252 e. The van der Waals surface area contributed by atoms with Crippen LogP contribution < -0.4 is 16.8 Å². The number of morpholine rings is 1. The lowest BCUT2D eigenvalue weighted by Crippen LogP contribution is -2.42. The van der Waals surface area contributed by atoms with E-state index in [1.807, 2.05) is 6.92 Å². The number of nitrogen functional groups attached to an aromatic ring is 1. The first-order valence-electron chi connectivity index (χ1n) is 6.68. The summed E-state index contributed by atoms with van der Waals surface area (Å²) in [6.07, 6.45) is 1.51. The average molecular weight is 279 g/mol. The Morgan fingerprint density at radius 3 is 2.90 bits per heavy atom. The highest BCUT2D eigenvalue weighted by Crippen LogP contribution is 2.16. The number of rotatable bonds is 5. The summed E-state index contributed by atoms with van der Waals surface area (Å²) in [5.74, 6) is -0.0571. The lowest BCUT2D eigenvalue weighted by atomic mass is 10.2. The van der Waals surface area contributed by atoms with Gasteiger partial charge in [0.1, 0.15) is 5.82 Å². The third-order valence-corrected chi connectivity index (χ3v) is 3.19. The first kappa shape index (κ1) is 14.5. The van der Waals surface area contributed by atoms with E-state index in [1.165, 1.54) is 6.20 Å². The summed E-state index contributed by atoms with van der Waals surface area (Å²) in [6.45, 7) is 6.26. The van der Waals surface area contributed by atoms with Gasteiger partial charge in [-0.3, -0.25) is 9.69 Å². The van der Waals surface area contributed by atoms with Crippen LogP contribution in [-0.4, -0.2) is 54.7 Å². The molecule has 0 saturated carbocycles. The zero-order chi connectivity index (χ0) is 14.5. The van der Waals surface area contributed by atoms with Crippen molar-refractivity contribution in [2.45, 2.75) is 13.0 Å². The molecule has 110 valence electrons. The normalized spacial score (nSPS) is 17.6. The molecule has 1 aromatic heterocycles. The molecule has 1 aliphatic heterocycles. The van der Waals surface area contributed by atoms with Crippen LogP contribution in [0.15, 0.2) is 12.3 Å². The standard InChI is InChI=1S/C13H21N5O2/c1-9(8-18-2-4-20-5-3-18)17-13-11(12(15)19)6-10(14)7-16-13/h6-7,9H,2-5,8,14H2,1H3,(H2,15,19)(H,16,17). The number of aromatic nitrogens is 1. The second kappa shape index (κ2) is 6.53. The Balaban J connectivity index is 1.99. The molecule has 1 fully saturated rings. The molecule has 1 aliphatic rings. The SMILES string of the molecule is CC(CN1CCOCC1)Nc1ncc(N)cc1C(N)=O. The zero-order valence-electron chi connectivity index (χ0n) is 11.6. The van der Waals surface area contributed by atoms with E-state index in [9.17, 15) is 4.79 Å². The van der Waals surface area contributed by atoms with Crippen molar-refractivity contribution in [3.05, 3.63) is 17.8 Å². The molecule has 0 aliphatic carbocycles. The number of nitrogens with two attached hydrogens (primary N) is 2. The second-order valence-electron chi connectivity index (χ2n) is 4.99. The number of carbonyl (C=O) groups is 1. The summed E-state index contributed by atoms with van der Waals surface area (Å²) < 4.78 is 5.31. The van der Waals surface area contributed by atoms with Crippen molar-refractivity contribution in [3.8, 4) is 0 Å². The van der Waals surface area contributed by atoms with Gasteiger partial charge in [-0.05, 0) is 13.0 Å². The Labute approximate surface area is 118 Å². The Morgan fingerprint density at radius 2 is 2.25 bits per heavy atom. The van der Waals surface area contributed by atoms with Crippen LogP contribution >= 0.6 is 0 Å². The van der Waals surface area contributed by atoms with Crippen molar-refractivity contribution in [1.29, 1.82) is 0 Å². The molecule has 1 aromatic rings. The van der Waals surface area contributed by atoms with Crippen molar-refractivity contribution in [2.75, 3.05) is 43.9 Å². The van der Waals surface area contributed by atoms with Crippen molar-refractivity contribution < 1.29 is 9.53 Å². The Morgan fingerprint density at radius 1 is 1.55 bits per heavy atom. The lowest BCUT2D eigenvalue weighted by molar-refractivity contribution is 0.0368. The van der Waals surface area contributed by atoms with E-state index >= 15 is 0 Å². The summed E-state index contributed by atoms with van der Waals surface area (Å²) in [6, 6.07) is 1.68. The first-order chi connectivity index (χ1) is 9.56. The number of primary amides is 1. The van der Waals surface area contributed by atoms with E-state index in [1.54, 1.807) is 6.07 Å². The molecule has 1 unspecified atom stereocenters. The molecule has 0 aromatic carbocycles. The number of pyridine rings is 1. The van der Waals surface area contributed by atoms with Gasteiger partial charge in [-0.15, -0.1) is 0 Å². The minimum absolute atomic E-state index is 0.141. The Hall–Kier alpha value is -1.86. The first-order valence-corrected chi connectivity index (χ1v) is 6.68. The lowest BCUT2D eigenvalue weighted by Gasteiger charge is -2.29. The number of amides is 1. The van der Waals surface area contributed by atoms with Crippen LogP contribution in [0.2, 0.25) is 0 Å². The van der Waals surface area contributed by atoms with Gasteiger partial charge in [0.25, 0.3) is 5.91 Å². The summed E-state index contributed by atoms with van der Waals surface area (Å²) in [7, 11) is 0. The summed E-state index contributed by atoms with van der Waals surface area (Å²) in [4.78, 5) is 17.9. The van der Waals surface area contributed by atoms with E-state index < -0.39 is 5.91 Å². The van der Waals surface area contributed by atoms with Crippen molar-refractivity contribution in [3.63, 3.8) is 0 Å². The predicted octanol–water partition coefficient (Wildman–Crippen LogP) is -0.105. The molecule has 7 heteroatoms. The van der Waals surface area contributed by atoms with Crippen LogP contribution in [0.25, 0.3) is 0 Å². The molecule has 20 heavy (non-hydrogen) atoms. The van der Waals surface area contributed by atoms with Gasteiger partial charge in [0.05, 0.1) is 30.7 Å². The highest BCUT2D eigenvalue weighted by molar-refractivity contribution is 5.98. The van der Waals surface area contributed by atoms with Gasteiger partial charge in [0.15, 0.2) is 0 Å². The molecular weight excluding hydrogens is 258 g/mol. The number of nitrogens with zero attached hydrogens (tertiary/aromatic N) is 2. The number of hydrogen-bond donors (Lipinski definition) is 3. The highest BCUT2D eigenvalue weighted by Gasteiger charge is 2.16. The van der Waals surface area contributed by atoms with Crippen LogP contribution in [0.4, 0.5) is 11.5 Å². The fourth-order valence-corrected chi connectivity index (χ4v) is 2.23. The molecular formula is C13H21N5O2. The summed E-state index contributed by atoms with van der Waals surface area (Å²) >= 11 is 0. The number of nitrogens with one attached hydrogen (secondary N) is 1. The number of ether oxygens (including phenoxy) is 1. The van der Waals surface area contributed by atoms with Gasteiger partial charge in [-0.25, -0.2) is 4.98 Å². The minimum atomic E-state index is -0.536. The van der Waals surface area contributed by atoms with Crippen molar-refractivity contribution in [2.24, 2.45) is 5.73 Å². The number of anilines is 2. The molecule has 5 N–H and O–H groups in total. The van der Waals surface area contributed by atoms with E-state index in [-0.39, 0.29) is 6.04 Å². The molecule has 0 radical (unpaired) electrons. The minimum Gasteiger partial charge on any atom is -0.397 e. The monoisotopic (exact) mass is 279 g/mol. The van der Waals surface area contributed by atoms with Crippen LogP contribution in [0, 0.1) is 0 Å². The second-order valence-corrected chi connectivity index (χ2v) is 4.99. The number of hydrogen-bond acceptors (Lipinski definition) is 6. The van der Waals surface area contributed by atoms with Crippen molar-refractivity contribution >= 4 is 17.4 Å². The van der Waals surface area contributed by atoms with Crippen LogP contribution in [0.1, 0.15) is 17.3 Å². The fourth-order valence-electron chi connectivity index (χ4n) is 2.23. The quantitative estimate of drug-likeness (QED) is 0.694. The topological polar surface area (TPSA) is 106 Å². The molecule has 1 amide bonds. The molecule has 0 bridgehead atoms. The maximum atomic E-state index is 11.4. The summed E-state index contributed by atoms with van der Waals surface area (Å²) in [5, 5.41) is 3.22. The van der Waals surface area contributed by atoms with Gasteiger partial charge >= 0.3 is 0 Å². The summed E-state index contributed by atoms with van der Waals surface area (Å²) in [5.41, 5.74) is 11.7. The molecule has 2 rings (SSSR count). The van der Waals surface area contributed by atoms with Gasteiger partial charge < -0.3 is 21.5 Å².